The van der Waals surface area contributed by atoms with E-state index in [1.807, 2.05) is 51.1 Å². The zero-order valence-corrected chi connectivity index (χ0v) is 18.7. The summed E-state index contributed by atoms with van der Waals surface area (Å²) in [6.07, 6.45) is 2.03. The lowest BCUT2D eigenvalue weighted by Crippen LogP contribution is -2.52. The number of nitrogens with zero attached hydrogens (tertiary/aromatic N) is 1. The minimum atomic E-state index is -0.538. The fourth-order valence-corrected chi connectivity index (χ4v) is 3.22. The average molecular weight is 431 g/mol. The Hall–Kier alpha value is -2.53. The molecule has 5 nitrogen and oxygen atoms in total. The second kappa shape index (κ2) is 12.2. The van der Waals surface area contributed by atoms with Gasteiger partial charge in [0, 0.05) is 17.6 Å². The molecule has 0 heterocycles. The van der Waals surface area contributed by atoms with Gasteiger partial charge in [0.15, 0.2) is 6.61 Å². The lowest BCUT2D eigenvalue weighted by molar-refractivity contribution is -0.142. The molecule has 0 saturated heterocycles. The second-order valence-corrected chi connectivity index (χ2v) is 7.74. The predicted molar refractivity (Wildman–Crippen MR) is 121 cm³/mol. The minimum absolute atomic E-state index is 0.0583. The number of amides is 2. The Balaban J connectivity index is 2.11. The van der Waals surface area contributed by atoms with E-state index in [1.165, 1.54) is 0 Å². The first-order valence-corrected chi connectivity index (χ1v) is 10.8. The molecule has 1 N–H and O–H groups in total. The Morgan fingerprint density at radius 3 is 2.30 bits per heavy atom. The van der Waals surface area contributed by atoms with E-state index in [0.717, 1.165) is 12.0 Å². The molecule has 2 amide bonds. The molecule has 2 aromatic carbocycles. The van der Waals surface area contributed by atoms with Crippen molar-refractivity contribution >= 4 is 23.4 Å². The van der Waals surface area contributed by atoms with E-state index in [1.54, 1.807) is 29.2 Å². The summed E-state index contributed by atoms with van der Waals surface area (Å²) >= 11 is 5.90. The maximum absolute atomic E-state index is 13.1. The van der Waals surface area contributed by atoms with Gasteiger partial charge < -0.3 is 15.0 Å². The zero-order valence-electron chi connectivity index (χ0n) is 17.9. The fraction of sp³-hybridized carbons (Fsp3) is 0.417. The largest absolute Gasteiger partial charge is 0.484 e. The molecule has 0 fully saturated rings. The van der Waals surface area contributed by atoms with Crippen LogP contribution in [0.25, 0.3) is 0 Å². The predicted octanol–water partition coefficient (Wildman–Crippen LogP) is 4.48. The van der Waals surface area contributed by atoms with E-state index in [2.05, 4.69) is 5.32 Å². The van der Waals surface area contributed by atoms with Crippen LogP contribution in [0, 0.1) is 0 Å². The van der Waals surface area contributed by atoms with E-state index >= 15 is 0 Å². The second-order valence-electron chi connectivity index (χ2n) is 7.31. The third-order valence-electron chi connectivity index (χ3n) is 5.05. The van der Waals surface area contributed by atoms with Crippen molar-refractivity contribution in [2.45, 2.75) is 52.1 Å². The van der Waals surface area contributed by atoms with Crippen molar-refractivity contribution in [3.8, 4) is 5.75 Å². The average Bonchev–Trinajstić information content (AvgIpc) is 2.76. The molecule has 0 aliphatic heterocycles. The lowest BCUT2D eigenvalue weighted by atomic mass is 10.1. The number of ether oxygens (including phenoxy) is 1. The summed E-state index contributed by atoms with van der Waals surface area (Å²) in [6.45, 7) is 6.21. The van der Waals surface area contributed by atoms with E-state index in [4.69, 9.17) is 16.3 Å². The highest BCUT2D eigenvalue weighted by atomic mass is 35.5. The molecular formula is C24H31ClN2O3. The summed E-state index contributed by atoms with van der Waals surface area (Å²) in [5.74, 6) is 0.222. The fourth-order valence-electron chi connectivity index (χ4n) is 3.10. The molecule has 0 aliphatic rings. The Morgan fingerprint density at radius 2 is 1.70 bits per heavy atom. The molecule has 0 spiro atoms. The SMILES string of the molecule is CC[C@H](C(=O)N[C@@H](C)CC)N(CCc1ccccc1)C(=O)COc1ccc(Cl)cc1. The summed E-state index contributed by atoms with van der Waals surface area (Å²) in [4.78, 5) is 27.6. The first kappa shape index (κ1) is 23.7. The van der Waals surface area contributed by atoms with Crippen molar-refractivity contribution in [3.63, 3.8) is 0 Å². The van der Waals surface area contributed by atoms with Crippen LogP contribution in [0.2, 0.25) is 5.02 Å². The molecule has 0 unspecified atom stereocenters. The first-order valence-electron chi connectivity index (χ1n) is 10.5. The van der Waals surface area contributed by atoms with Crippen LogP contribution < -0.4 is 10.1 Å². The lowest BCUT2D eigenvalue weighted by Gasteiger charge is -2.31. The minimum Gasteiger partial charge on any atom is -0.484 e. The van der Waals surface area contributed by atoms with Crippen molar-refractivity contribution in [2.75, 3.05) is 13.2 Å². The van der Waals surface area contributed by atoms with Crippen molar-refractivity contribution in [3.05, 3.63) is 65.2 Å². The first-order chi connectivity index (χ1) is 14.4. The molecule has 162 valence electrons. The van der Waals surface area contributed by atoms with Crippen LogP contribution in [0.3, 0.4) is 0 Å². The molecule has 2 aromatic rings. The Kier molecular flexibility index (Phi) is 9.68. The van der Waals surface area contributed by atoms with Gasteiger partial charge in [-0.25, -0.2) is 0 Å². The molecule has 6 heteroatoms. The molecular weight excluding hydrogens is 400 g/mol. The summed E-state index contributed by atoms with van der Waals surface area (Å²) in [5.41, 5.74) is 1.12. The van der Waals surface area contributed by atoms with Crippen LogP contribution in [-0.4, -0.2) is 41.9 Å². The van der Waals surface area contributed by atoms with Crippen LogP contribution in [0.4, 0.5) is 0 Å². The molecule has 0 saturated carbocycles. The number of nitrogens with one attached hydrogen (secondary N) is 1. The molecule has 0 radical (unpaired) electrons. The van der Waals surface area contributed by atoms with Gasteiger partial charge in [0.05, 0.1) is 0 Å². The Bertz CT molecular complexity index is 796. The standard InChI is InChI=1S/C24H31ClN2O3/c1-4-18(3)26-24(29)22(5-2)27(16-15-19-9-7-6-8-10-19)23(28)17-30-21-13-11-20(25)12-14-21/h6-14,18,22H,4-5,15-17H2,1-3H3,(H,26,29)/t18-,22+/m0/s1. The van der Waals surface area contributed by atoms with E-state index < -0.39 is 6.04 Å². The van der Waals surface area contributed by atoms with Crippen LogP contribution in [0.15, 0.2) is 54.6 Å². The van der Waals surface area contributed by atoms with Gasteiger partial charge >= 0.3 is 0 Å². The van der Waals surface area contributed by atoms with Crippen molar-refractivity contribution in [2.24, 2.45) is 0 Å². The van der Waals surface area contributed by atoms with Crippen LogP contribution in [0.5, 0.6) is 5.75 Å². The number of carbonyl (C=O) groups is 2. The summed E-state index contributed by atoms with van der Waals surface area (Å²) in [7, 11) is 0. The molecule has 0 aromatic heterocycles. The molecule has 2 rings (SSSR count). The highest BCUT2D eigenvalue weighted by Gasteiger charge is 2.29. The number of rotatable bonds is 11. The highest BCUT2D eigenvalue weighted by Crippen LogP contribution is 2.16. The van der Waals surface area contributed by atoms with Gasteiger partial charge in [-0.2, -0.15) is 0 Å². The summed E-state index contributed by atoms with van der Waals surface area (Å²) < 4.78 is 5.65. The molecule has 30 heavy (non-hydrogen) atoms. The van der Waals surface area contributed by atoms with Gasteiger partial charge in [-0.1, -0.05) is 55.8 Å². The van der Waals surface area contributed by atoms with Gasteiger partial charge in [0.25, 0.3) is 5.91 Å². The Labute approximate surface area is 184 Å². The third kappa shape index (κ3) is 7.38. The van der Waals surface area contributed by atoms with E-state index in [9.17, 15) is 9.59 Å². The number of hydrogen-bond donors (Lipinski definition) is 1. The number of halogens is 1. The van der Waals surface area contributed by atoms with Crippen LogP contribution >= 0.6 is 11.6 Å². The quantitative estimate of drug-likeness (QED) is 0.571. The number of carbonyl (C=O) groups excluding carboxylic acids is 2. The molecule has 0 bridgehead atoms. The molecule has 2 atom stereocenters. The van der Waals surface area contributed by atoms with Crippen LogP contribution in [-0.2, 0) is 16.0 Å². The topological polar surface area (TPSA) is 58.6 Å². The third-order valence-corrected chi connectivity index (χ3v) is 5.30. The van der Waals surface area contributed by atoms with Crippen molar-refractivity contribution < 1.29 is 14.3 Å². The monoisotopic (exact) mass is 430 g/mol. The van der Waals surface area contributed by atoms with Crippen molar-refractivity contribution in [1.29, 1.82) is 0 Å². The van der Waals surface area contributed by atoms with E-state index in [0.29, 0.717) is 30.2 Å². The summed E-state index contributed by atoms with van der Waals surface area (Å²) in [5, 5.41) is 3.61. The van der Waals surface area contributed by atoms with E-state index in [-0.39, 0.29) is 24.5 Å². The van der Waals surface area contributed by atoms with Gasteiger partial charge in [-0.05, 0) is 56.0 Å². The normalized spacial score (nSPS) is 12.7. The maximum atomic E-state index is 13.1. The van der Waals surface area contributed by atoms with Crippen molar-refractivity contribution in [1.82, 2.24) is 10.2 Å². The highest BCUT2D eigenvalue weighted by molar-refractivity contribution is 6.30. The number of benzene rings is 2. The van der Waals surface area contributed by atoms with Gasteiger partial charge in [-0.15, -0.1) is 0 Å². The van der Waals surface area contributed by atoms with Gasteiger partial charge in [0.1, 0.15) is 11.8 Å². The van der Waals surface area contributed by atoms with Gasteiger partial charge in [0.2, 0.25) is 5.91 Å². The summed E-state index contributed by atoms with van der Waals surface area (Å²) in [6, 6.07) is 16.3. The smallest absolute Gasteiger partial charge is 0.261 e. The number of hydrogen-bond acceptors (Lipinski definition) is 3. The Morgan fingerprint density at radius 1 is 1.03 bits per heavy atom. The maximum Gasteiger partial charge on any atom is 0.261 e. The van der Waals surface area contributed by atoms with Gasteiger partial charge in [-0.3, -0.25) is 9.59 Å². The van der Waals surface area contributed by atoms with Crippen LogP contribution in [0.1, 0.15) is 39.2 Å². The zero-order chi connectivity index (χ0) is 21.9. The molecule has 0 aliphatic carbocycles.